The normalized spacial score (nSPS) is 23.7. The summed E-state index contributed by atoms with van der Waals surface area (Å²) in [4.78, 5) is 2.15. The zero-order valence-corrected chi connectivity index (χ0v) is 11.4. The predicted molar refractivity (Wildman–Crippen MR) is 70.7 cm³/mol. The molecule has 2 fully saturated rings. The third-order valence-corrected chi connectivity index (χ3v) is 4.54. The Bertz CT molecular complexity index is 554. The van der Waals surface area contributed by atoms with E-state index in [0.29, 0.717) is 0 Å². The van der Waals surface area contributed by atoms with Crippen molar-refractivity contribution >= 4 is 5.69 Å². The second-order valence-electron chi connectivity index (χ2n) is 5.78. The fourth-order valence-electron chi connectivity index (χ4n) is 3.15. The van der Waals surface area contributed by atoms with Gasteiger partial charge in [-0.3, -0.25) is 0 Å². The second-order valence-corrected chi connectivity index (χ2v) is 5.78. The number of alkyl halides is 3. The van der Waals surface area contributed by atoms with Gasteiger partial charge in [-0.05, 0) is 48.9 Å². The summed E-state index contributed by atoms with van der Waals surface area (Å²) in [6.45, 7) is 1.69. The minimum atomic E-state index is -4.66. The maximum Gasteiger partial charge on any atom is 0.573 e. The summed E-state index contributed by atoms with van der Waals surface area (Å²) in [7, 11) is 0. The van der Waals surface area contributed by atoms with Crippen LogP contribution >= 0.6 is 0 Å². The predicted octanol–water partition coefficient (Wildman–Crippen LogP) is 3.72. The minimum absolute atomic E-state index is 0.196. The summed E-state index contributed by atoms with van der Waals surface area (Å²) in [5.41, 5.74) is 1.11. The van der Waals surface area contributed by atoms with E-state index in [2.05, 4.69) is 15.7 Å². The van der Waals surface area contributed by atoms with E-state index in [1.54, 1.807) is 12.1 Å². The molecule has 1 atom stereocenters. The largest absolute Gasteiger partial charge is 0.573 e. The van der Waals surface area contributed by atoms with Gasteiger partial charge in [-0.2, -0.15) is 5.26 Å². The average Bonchev–Trinajstić information content (AvgIpc) is 3.12. The van der Waals surface area contributed by atoms with E-state index in [1.165, 1.54) is 12.1 Å². The molecule has 0 radical (unpaired) electrons. The van der Waals surface area contributed by atoms with Crippen LogP contribution in [0.2, 0.25) is 0 Å². The van der Waals surface area contributed by atoms with Crippen molar-refractivity contribution < 1.29 is 17.9 Å². The summed E-state index contributed by atoms with van der Waals surface area (Å²) in [6.07, 6.45) is -1.70. The highest BCUT2D eigenvalue weighted by atomic mass is 19.4. The maximum atomic E-state index is 12.1. The van der Waals surface area contributed by atoms with Crippen LogP contribution in [0.1, 0.15) is 19.3 Å². The van der Waals surface area contributed by atoms with Gasteiger partial charge in [0.1, 0.15) is 5.75 Å². The molecule has 112 valence electrons. The Hall–Kier alpha value is -1.90. The highest BCUT2D eigenvalue weighted by molar-refractivity contribution is 5.49. The molecule has 1 aliphatic carbocycles. The first-order valence-corrected chi connectivity index (χ1v) is 6.92. The van der Waals surface area contributed by atoms with Gasteiger partial charge in [0.05, 0.1) is 12.0 Å². The van der Waals surface area contributed by atoms with Crippen LogP contribution in [0.25, 0.3) is 0 Å². The Morgan fingerprint density at radius 3 is 2.29 bits per heavy atom. The Kier molecular flexibility index (Phi) is 3.23. The lowest BCUT2D eigenvalue weighted by Gasteiger charge is -2.34. The number of rotatable bonds is 2. The van der Waals surface area contributed by atoms with Gasteiger partial charge in [-0.25, -0.2) is 0 Å². The van der Waals surface area contributed by atoms with Crippen LogP contribution in [0, 0.1) is 22.7 Å². The van der Waals surface area contributed by atoms with E-state index in [-0.39, 0.29) is 17.1 Å². The van der Waals surface area contributed by atoms with E-state index in [1.807, 2.05) is 0 Å². The molecule has 1 saturated heterocycles. The molecule has 21 heavy (non-hydrogen) atoms. The second kappa shape index (κ2) is 4.83. The smallest absolute Gasteiger partial charge is 0.406 e. The lowest BCUT2D eigenvalue weighted by Crippen LogP contribution is -2.35. The molecule has 1 saturated carbocycles. The van der Waals surface area contributed by atoms with Crippen molar-refractivity contribution in [3.63, 3.8) is 0 Å². The van der Waals surface area contributed by atoms with Crippen LogP contribution in [0.4, 0.5) is 18.9 Å². The molecule has 1 aromatic carbocycles. The first-order valence-electron chi connectivity index (χ1n) is 6.92. The molecule has 1 unspecified atom stereocenters. The molecule has 0 aromatic heterocycles. The van der Waals surface area contributed by atoms with Gasteiger partial charge >= 0.3 is 6.36 Å². The van der Waals surface area contributed by atoms with Crippen LogP contribution in [0.15, 0.2) is 24.3 Å². The number of hydrogen-bond acceptors (Lipinski definition) is 3. The lowest BCUT2D eigenvalue weighted by atomic mass is 9.91. The van der Waals surface area contributed by atoms with Gasteiger partial charge in [0.15, 0.2) is 0 Å². The highest BCUT2D eigenvalue weighted by Gasteiger charge is 2.55. The Morgan fingerprint density at radius 1 is 1.19 bits per heavy atom. The lowest BCUT2D eigenvalue weighted by molar-refractivity contribution is -0.274. The molecule has 1 heterocycles. The first kappa shape index (κ1) is 14.1. The number of nitriles is 1. The van der Waals surface area contributed by atoms with Gasteiger partial charge < -0.3 is 9.64 Å². The van der Waals surface area contributed by atoms with Crippen LogP contribution in [-0.2, 0) is 0 Å². The van der Waals surface area contributed by atoms with Crippen LogP contribution in [-0.4, -0.2) is 19.5 Å². The Morgan fingerprint density at radius 2 is 1.81 bits per heavy atom. The standard InChI is InChI=1S/C15H15F3N2O/c16-15(17,18)21-13-3-1-12(2-4-13)20-7-5-14(6-8-20)9-11(14)10-19/h1-4,11H,5-9H2. The number of piperidine rings is 1. The monoisotopic (exact) mass is 296 g/mol. The molecule has 3 rings (SSSR count). The van der Waals surface area contributed by atoms with Gasteiger partial charge in [-0.15, -0.1) is 13.2 Å². The fourth-order valence-corrected chi connectivity index (χ4v) is 3.15. The van der Waals surface area contributed by atoms with Crippen molar-refractivity contribution in [1.29, 1.82) is 5.26 Å². The van der Waals surface area contributed by atoms with Crippen LogP contribution in [0.5, 0.6) is 5.75 Å². The molecule has 0 N–H and O–H groups in total. The third-order valence-electron chi connectivity index (χ3n) is 4.54. The zero-order chi connectivity index (χ0) is 15.1. The summed E-state index contributed by atoms with van der Waals surface area (Å²) in [6, 6.07) is 8.31. The van der Waals surface area contributed by atoms with Gasteiger partial charge in [0.2, 0.25) is 0 Å². The van der Waals surface area contributed by atoms with Crippen LogP contribution in [0.3, 0.4) is 0 Å². The van der Waals surface area contributed by atoms with Crippen molar-refractivity contribution in [2.24, 2.45) is 11.3 Å². The van der Waals surface area contributed by atoms with Crippen molar-refractivity contribution in [2.45, 2.75) is 25.6 Å². The highest BCUT2D eigenvalue weighted by Crippen LogP contribution is 2.59. The number of ether oxygens (including phenoxy) is 1. The number of hydrogen-bond donors (Lipinski definition) is 0. The number of anilines is 1. The molecule has 1 spiro atoms. The van der Waals surface area contributed by atoms with E-state index in [4.69, 9.17) is 5.26 Å². The summed E-state index contributed by atoms with van der Waals surface area (Å²) in [5.74, 6) is -0.00585. The van der Waals surface area contributed by atoms with Crippen molar-refractivity contribution in [2.75, 3.05) is 18.0 Å². The van der Waals surface area contributed by atoms with Crippen molar-refractivity contribution in [3.05, 3.63) is 24.3 Å². The van der Waals surface area contributed by atoms with E-state index in [0.717, 1.165) is 38.0 Å². The molecular formula is C15H15F3N2O. The molecule has 3 nitrogen and oxygen atoms in total. The first-order chi connectivity index (χ1) is 9.92. The molecule has 6 heteroatoms. The van der Waals surface area contributed by atoms with Gasteiger partial charge in [0.25, 0.3) is 0 Å². The molecule has 1 aliphatic heterocycles. The summed E-state index contributed by atoms with van der Waals surface area (Å²) in [5, 5.41) is 8.96. The van der Waals surface area contributed by atoms with Crippen LogP contribution < -0.4 is 9.64 Å². The van der Waals surface area contributed by atoms with E-state index < -0.39 is 6.36 Å². The maximum absolute atomic E-state index is 12.1. The summed E-state index contributed by atoms with van der Waals surface area (Å²) < 4.78 is 40.2. The average molecular weight is 296 g/mol. The topological polar surface area (TPSA) is 36.3 Å². The van der Waals surface area contributed by atoms with E-state index in [9.17, 15) is 13.2 Å². The van der Waals surface area contributed by atoms with Crippen molar-refractivity contribution in [1.82, 2.24) is 0 Å². The Balaban J connectivity index is 1.60. The number of nitrogens with zero attached hydrogens (tertiary/aromatic N) is 2. The molecule has 2 aliphatic rings. The van der Waals surface area contributed by atoms with Gasteiger partial charge in [0, 0.05) is 18.8 Å². The van der Waals surface area contributed by atoms with Crippen molar-refractivity contribution in [3.8, 4) is 11.8 Å². The quantitative estimate of drug-likeness (QED) is 0.834. The molecule has 0 amide bonds. The minimum Gasteiger partial charge on any atom is -0.406 e. The SMILES string of the molecule is N#CC1CC12CCN(c1ccc(OC(F)(F)F)cc1)CC2. The summed E-state index contributed by atoms with van der Waals surface area (Å²) >= 11 is 0. The molecule has 1 aromatic rings. The number of halogens is 3. The third kappa shape index (κ3) is 2.92. The zero-order valence-electron chi connectivity index (χ0n) is 11.4. The molecular weight excluding hydrogens is 281 g/mol. The fraction of sp³-hybridized carbons (Fsp3) is 0.533. The van der Waals surface area contributed by atoms with Gasteiger partial charge in [-0.1, -0.05) is 0 Å². The Labute approximate surface area is 120 Å². The van der Waals surface area contributed by atoms with E-state index >= 15 is 0 Å². The number of benzene rings is 1. The molecule has 0 bridgehead atoms.